The maximum Gasteiger partial charge on any atom is 0.242 e. The Morgan fingerprint density at radius 2 is 2.20 bits per heavy atom. The number of anilines is 1. The van der Waals surface area contributed by atoms with Gasteiger partial charge in [0.05, 0.1) is 6.61 Å². The summed E-state index contributed by atoms with van der Waals surface area (Å²) >= 11 is 0. The Morgan fingerprint density at radius 3 is 2.85 bits per heavy atom. The maximum atomic E-state index is 12.3. The minimum atomic E-state index is -0.188. The normalized spacial score (nSPS) is 23.6. The average Bonchev–Trinajstić information content (AvgIpc) is 3.12. The molecular formula is C14H20N4O2. The molecule has 6 nitrogen and oxygen atoms in total. The molecule has 0 aromatic carbocycles. The molecule has 2 fully saturated rings. The molecule has 6 heteroatoms. The number of carbonyl (C=O) groups excluding carboxylic acids is 1. The summed E-state index contributed by atoms with van der Waals surface area (Å²) in [4.78, 5) is 22.7. The minimum Gasteiger partial charge on any atom is -0.396 e. The lowest BCUT2D eigenvalue weighted by Crippen LogP contribution is -2.45. The molecule has 1 aromatic rings. The number of aromatic nitrogens is 2. The van der Waals surface area contributed by atoms with Crippen molar-refractivity contribution in [2.24, 2.45) is 5.41 Å². The summed E-state index contributed by atoms with van der Waals surface area (Å²) in [7, 11) is 0. The molecule has 2 N–H and O–H groups in total. The molecule has 108 valence electrons. The van der Waals surface area contributed by atoms with Crippen LogP contribution in [0, 0.1) is 5.41 Å². The molecule has 1 aliphatic heterocycles. The van der Waals surface area contributed by atoms with Crippen molar-refractivity contribution in [1.82, 2.24) is 15.3 Å². The fraction of sp³-hybridized carbons (Fsp3) is 0.643. The number of amides is 1. The van der Waals surface area contributed by atoms with Gasteiger partial charge in [-0.15, -0.1) is 0 Å². The van der Waals surface area contributed by atoms with Crippen molar-refractivity contribution in [3.05, 3.63) is 18.5 Å². The van der Waals surface area contributed by atoms with Crippen LogP contribution in [0.3, 0.4) is 0 Å². The van der Waals surface area contributed by atoms with Crippen LogP contribution in [-0.4, -0.2) is 46.7 Å². The zero-order valence-electron chi connectivity index (χ0n) is 11.5. The molecule has 20 heavy (non-hydrogen) atoms. The summed E-state index contributed by atoms with van der Waals surface area (Å²) in [6.07, 6.45) is 7.19. The summed E-state index contributed by atoms with van der Waals surface area (Å²) < 4.78 is 0. The second kappa shape index (κ2) is 5.36. The van der Waals surface area contributed by atoms with Gasteiger partial charge >= 0.3 is 0 Å². The van der Waals surface area contributed by atoms with Crippen molar-refractivity contribution in [2.45, 2.75) is 31.7 Å². The van der Waals surface area contributed by atoms with E-state index in [1.165, 1.54) is 0 Å². The standard InChI is InChI=1S/C14H20N4O2/c19-10-14(4-5-14)9-17-12(20)11-3-1-8-18(11)13-15-6-2-7-16-13/h2,6-7,11,19H,1,3-5,8-10H2,(H,17,20). The van der Waals surface area contributed by atoms with Gasteiger partial charge in [-0.2, -0.15) is 0 Å². The Kier molecular flexibility index (Phi) is 3.56. The van der Waals surface area contributed by atoms with Crippen LogP contribution in [0.4, 0.5) is 5.95 Å². The molecule has 1 saturated heterocycles. The molecule has 0 spiro atoms. The second-order valence-corrected chi connectivity index (χ2v) is 5.78. The van der Waals surface area contributed by atoms with Crippen LogP contribution in [0.15, 0.2) is 18.5 Å². The number of aliphatic hydroxyl groups excluding tert-OH is 1. The Balaban J connectivity index is 1.62. The van der Waals surface area contributed by atoms with Crippen LogP contribution in [0.5, 0.6) is 0 Å². The van der Waals surface area contributed by atoms with Gasteiger partial charge in [-0.1, -0.05) is 0 Å². The molecule has 3 rings (SSSR count). The number of nitrogens with zero attached hydrogens (tertiary/aromatic N) is 3. The van der Waals surface area contributed by atoms with Gasteiger partial charge in [0.1, 0.15) is 6.04 Å². The molecule has 1 unspecified atom stereocenters. The maximum absolute atomic E-state index is 12.3. The van der Waals surface area contributed by atoms with Crippen molar-refractivity contribution in [3.8, 4) is 0 Å². The quantitative estimate of drug-likeness (QED) is 0.810. The van der Waals surface area contributed by atoms with Crippen molar-refractivity contribution in [1.29, 1.82) is 0 Å². The third kappa shape index (κ3) is 2.60. The van der Waals surface area contributed by atoms with E-state index in [9.17, 15) is 9.90 Å². The molecule has 1 atom stereocenters. The van der Waals surface area contributed by atoms with Crippen molar-refractivity contribution in [3.63, 3.8) is 0 Å². The second-order valence-electron chi connectivity index (χ2n) is 5.78. The topological polar surface area (TPSA) is 78.4 Å². The number of hydrogen-bond acceptors (Lipinski definition) is 5. The Morgan fingerprint density at radius 1 is 1.45 bits per heavy atom. The van der Waals surface area contributed by atoms with Crippen molar-refractivity contribution in [2.75, 3.05) is 24.6 Å². The lowest BCUT2D eigenvalue weighted by Gasteiger charge is -2.24. The van der Waals surface area contributed by atoms with Crippen molar-refractivity contribution < 1.29 is 9.90 Å². The molecule has 1 saturated carbocycles. The van der Waals surface area contributed by atoms with E-state index in [0.717, 1.165) is 32.2 Å². The van der Waals surface area contributed by atoms with E-state index >= 15 is 0 Å². The van der Waals surface area contributed by atoms with Crippen LogP contribution in [-0.2, 0) is 4.79 Å². The van der Waals surface area contributed by atoms with Gasteiger partial charge < -0.3 is 15.3 Å². The molecule has 1 aromatic heterocycles. The summed E-state index contributed by atoms with van der Waals surface area (Å²) in [6, 6.07) is 1.58. The monoisotopic (exact) mass is 276 g/mol. The fourth-order valence-corrected chi connectivity index (χ4v) is 2.68. The van der Waals surface area contributed by atoms with Gasteiger partial charge in [-0.25, -0.2) is 9.97 Å². The third-order valence-electron chi connectivity index (χ3n) is 4.29. The smallest absolute Gasteiger partial charge is 0.242 e. The highest BCUT2D eigenvalue weighted by Gasteiger charge is 2.43. The first-order valence-corrected chi connectivity index (χ1v) is 7.16. The van der Waals surface area contributed by atoms with E-state index in [4.69, 9.17) is 0 Å². The molecule has 1 amide bonds. The average molecular weight is 276 g/mol. The van der Waals surface area contributed by atoms with E-state index in [0.29, 0.717) is 12.5 Å². The molecule has 0 radical (unpaired) electrons. The summed E-state index contributed by atoms with van der Waals surface area (Å²) in [5.74, 6) is 0.642. The Bertz CT molecular complexity index is 475. The van der Waals surface area contributed by atoms with Gasteiger partial charge in [-0.05, 0) is 31.7 Å². The van der Waals surface area contributed by atoms with Crippen LogP contribution in [0.2, 0.25) is 0 Å². The molecule has 2 heterocycles. The van der Waals surface area contributed by atoms with Gasteiger partial charge in [0.15, 0.2) is 0 Å². The molecule has 2 aliphatic rings. The van der Waals surface area contributed by atoms with Crippen molar-refractivity contribution >= 4 is 11.9 Å². The lowest BCUT2D eigenvalue weighted by molar-refractivity contribution is -0.122. The first kappa shape index (κ1) is 13.3. The van der Waals surface area contributed by atoms with E-state index in [1.54, 1.807) is 18.5 Å². The number of carbonyl (C=O) groups is 1. The highest BCUT2D eigenvalue weighted by molar-refractivity contribution is 5.85. The number of rotatable bonds is 5. The number of aliphatic hydroxyl groups is 1. The minimum absolute atomic E-state index is 0.0229. The predicted molar refractivity (Wildman–Crippen MR) is 74.2 cm³/mol. The van der Waals surface area contributed by atoms with E-state index in [-0.39, 0.29) is 24.0 Å². The van der Waals surface area contributed by atoms with Crippen LogP contribution in [0.1, 0.15) is 25.7 Å². The first-order chi connectivity index (χ1) is 9.74. The highest BCUT2D eigenvalue weighted by atomic mass is 16.3. The lowest BCUT2D eigenvalue weighted by atomic mass is 10.1. The SMILES string of the molecule is O=C(NCC1(CO)CC1)C1CCCN1c1ncccn1. The van der Waals surface area contributed by atoms with Crippen LogP contribution in [0.25, 0.3) is 0 Å². The van der Waals surface area contributed by atoms with E-state index in [2.05, 4.69) is 15.3 Å². The Hall–Kier alpha value is -1.69. The molecule has 0 bridgehead atoms. The fourth-order valence-electron chi connectivity index (χ4n) is 2.68. The van der Waals surface area contributed by atoms with Crippen LogP contribution < -0.4 is 10.2 Å². The highest BCUT2D eigenvalue weighted by Crippen LogP contribution is 2.44. The van der Waals surface area contributed by atoms with Gasteiger partial charge in [0.2, 0.25) is 11.9 Å². The summed E-state index contributed by atoms with van der Waals surface area (Å²) in [5, 5.41) is 12.3. The summed E-state index contributed by atoms with van der Waals surface area (Å²) in [6.45, 7) is 1.54. The van der Waals surface area contributed by atoms with E-state index < -0.39 is 0 Å². The number of nitrogens with one attached hydrogen (secondary N) is 1. The molecule has 1 aliphatic carbocycles. The largest absolute Gasteiger partial charge is 0.396 e. The number of hydrogen-bond donors (Lipinski definition) is 2. The van der Waals surface area contributed by atoms with E-state index in [1.807, 2.05) is 4.90 Å². The van der Waals surface area contributed by atoms with Gasteiger partial charge in [-0.3, -0.25) is 4.79 Å². The van der Waals surface area contributed by atoms with Gasteiger partial charge in [0.25, 0.3) is 0 Å². The zero-order chi connectivity index (χ0) is 14.0. The predicted octanol–water partition coefficient (Wildman–Crippen LogP) is 0.334. The van der Waals surface area contributed by atoms with Crippen LogP contribution >= 0.6 is 0 Å². The Labute approximate surface area is 118 Å². The molecular weight excluding hydrogens is 256 g/mol. The first-order valence-electron chi connectivity index (χ1n) is 7.16. The van der Waals surface area contributed by atoms with Gasteiger partial charge in [0, 0.05) is 30.9 Å². The zero-order valence-corrected chi connectivity index (χ0v) is 11.5. The third-order valence-corrected chi connectivity index (χ3v) is 4.29. The summed E-state index contributed by atoms with van der Waals surface area (Å²) in [5.41, 5.74) is -0.0532.